The van der Waals surface area contributed by atoms with Gasteiger partial charge in [-0.3, -0.25) is 0 Å². The van der Waals surface area contributed by atoms with E-state index in [2.05, 4.69) is 0 Å². The van der Waals surface area contributed by atoms with Crippen LogP contribution in [0, 0.1) is 12.7 Å². The van der Waals surface area contributed by atoms with Crippen LogP contribution in [0.3, 0.4) is 0 Å². The van der Waals surface area contributed by atoms with Gasteiger partial charge in [-0.2, -0.15) is 0 Å². The van der Waals surface area contributed by atoms with Crippen LogP contribution in [-0.4, -0.2) is 5.11 Å². The Hall–Kier alpha value is -1.19. The first-order valence-corrected chi connectivity index (χ1v) is 5.54. The van der Waals surface area contributed by atoms with Crippen LogP contribution >= 0.6 is 11.3 Å². The SMILES string of the molecule is Cc1cc(F)ccc1[C@H](O)c1cccs1. The molecular formula is C12H11FOS. The third-order valence-corrected chi connectivity index (χ3v) is 3.26. The van der Waals surface area contributed by atoms with Crippen molar-refractivity contribution in [2.24, 2.45) is 0 Å². The number of halogens is 1. The second-order valence-electron chi connectivity index (χ2n) is 3.42. The third-order valence-electron chi connectivity index (χ3n) is 2.34. The molecule has 78 valence electrons. The maximum atomic E-state index is 12.9. The van der Waals surface area contributed by atoms with Crippen molar-refractivity contribution in [1.82, 2.24) is 0 Å². The number of hydrogen-bond donors (Lipinski definition) is 1. The van der Waals surface area contributed by atoms with Crippen LogP contribution in [0.4, 0.5) is 4.39 Å². The Morgan fingerprint density at radius 3 is 2.73 bits per heavy atom. The minimum Gasteiger partial charge on any atom is -0.383 e. The standard InChI is InChI=1S/C12H11FOS/c1-8-7-9(13)4-5-10(8)12(14)11-3-2-6-15-11/h2-7,12,14H,1H3/t12-/m0/s1. The van der Waals surface area contributed by atoms with Crippen LogP contribution in [-0.2, 0) is 0 Å². The molecule has 0 bridgehead atoms. The first-order chi connectivity index (χ1) is 7.18. The Bertz CT molecular complexity index is 451. The lowest BCUT2D eigenvalue weighted by atomic mass is 10.0. The molecule has 0 radical (unpaired) electrons. The Kier molecular flexibility index (Phi) is 2.84. The van der Waals surface area contributed by atoms with E-state index in [-0.39, 0.29) is 5.82 Å². The molecular weight excluding hydrogens is 211 g/mol. The summed E-state index contributed by atoms with van der Waals surface area (Å²) in [6.45, 7) is 1.80. The van der Waals surface area contributed by atoms with Gasteiger partial charge < -0.3 is 5.11 Å². The molecule has 0 spiro atoms. The zero-order chi connectivity index (χ0) is 10.8. The van der Waals surface area contributed by atoms with Gasteiger partial charge in [0.2, 0.25) is 0 Å². The average Bonchev–Trinajstić information content (AvgIpc) is 2.69. The molecule has 0 amide bonds. The highest BCUT2D eigenvalue weighted by atomic mass is 32.1. The lowest BCUT2D eigenvalue weighted by Crippen LogP contribution is -2.00. The number of hydrogen-bond acceptors (Lipinski definition) is 2. The maximum Gasteiger partial charge on any atom is 0.123 e. The normalized spacial score (nSPS) is 12.7. The van der Waals surface area contributed by atoms with Gasteiger partial charge >= 0.3 is 0 Å². The minimum atomic E-state index is -0.648. The molecule has 2 rings (SSSR count). The van der Waals surface area contributed by atoms with Gasteiger partial charge in [0.1, 0.15) is 11.9 Å². The zero-order valence-corrected chi connectivity index (χ0v) is 9.09. The molecule has 1 nitrogen and oxygen atoms in total. The number of thiophene rings is 1. The van der Waals surface area contributed by atoms with E-state index in [0.717, 1.165) is 16.0 Å². The predicted octanol–water partition coefficient (Wildman–Crippen LogP) is 3.28. The fourth-order valence-electron chi connectivity index (χ4n) is 1.55. The van der Waals surface area contributed by atoms with E-state index in [1.807, 2.05) is 17.5 Å². The molecule has 1 aromatic carbocycles. The molecule has 1 heterocycles. The Labute approximate surface area is 91.8 Å². The summed E-state index contributed by atoms with van der Waals surface area (Å²) in [5, 5.41) is 12.0. The van der Waals surface area contributed by atoms with E-state index >= 15 is 0 Å². The molecule has 1 atom stereocenters. The molecule has 0 aliphatic heterocycles. The largest absolute Gasteiger partial charge is 0.383 e. The van der Waals surface area contributed by atoms with Gasteiger partial charge in [0.25, 0.3) is 0 Å². The van der Waals surface area contributed by atoms with Crippen LogP contribution in [0.5, 0.6) is 0 Å². The highest BCUT2D eigenvalue weighted by Gasteiger charge is 2.13. The molecule has 0 saturated heterocycles. The van der Waals surface area contributed by atoms with E-state index in [4.69, 9.17) is 0 Å². The summed E-state index contributed by atoms with van der Waals surface area (Å²) in [7, 11) is 0. The first kappa shape index (κ1) is 10.3. The van der Waals surface area contributed by atoms with Crippen molar-refractivity contribution in [3.05, 3.63) is 57.5 Å². The molecule has 0 fully saturated rings. The van der Waals surface area contributed by atoms with Crippen molar-refractivity contribution in [3.63, 3.8) is 0 Å². The molecule has 0 aliphatic rings. The molecule has 1 N–H and O–H groups in total. The quantitative estimate of drug-likeness (QED) is 0.826. The van der Waals surface area contributed by atoms with E-state index in [9.17, 15) is 9.50 Å². The van der Waals surface area contributed by atoms with Crippen LogP contribution in [0.1, 0.15) is 22.1 Å². The Morgan fingerprint density at radius 1 is 1.33 bits per heavy atom. The summed E-state index contributed by atoms with van der Waals surface area (Å²) in [5.41, 5.74) is 1.54. The van der Waals surface area contributed by atoms with Crippen molar-refractivity contribution in [2.45, 2.75) is 13.0 Å². The summed E-state index contributed by atoms with van der Waals surface area (Å²) in [6.07, 6.45) is -0.648. The number of benzene rings is 1. The average molecular weight is 222 g/mol. The van der Waals surface area contributed by atoms with Gasteiger partial charge in [0, 0.05) is 4.88 Å². The van der Waals surface area contributed by atoms with Crippen molar-refractivity contribution < 1.29 is 9.50 Å². The lowest BCUT2D eigenvalue weighted by molar-refractivity contribution is 0.223. The van der Waals surface area contributed by atoms with Crippen molar-refractivity contribution >= 4 is 11.3 Å². The third kappa shape index (κ3) is 2.08. The molecule has 15 heavy (non-hydrogen) atoms. The fraction of sp³-hybridized carbons (Fsp3) is 0.167. The van der Waals surface area contributed by atoms with Crippen molar-refractivity contribution in [3.8, 4) is 0 Å². The van der Waals surface area contributed by atoms with Crippen LogP contribution in [0.25, 0.3) is 0 Å². The summed E-state index contributed by atoms with van der Waals surface area (Å²) in [6, 6.07) is 8.21. The highest BCUT2D eigenvalue weighted by Crippen LogP contribution is 2.28. The Morgan fingerprint density at radius 2 is 2.13 bits per heavy atom. The minimum absolute atomic E-state index is 0.269. The van der Waals surface area contributed by atoms with E-state index in [1.54, 1.807) is 13.0 Å². The van der Waals surface area contributed by atoms with Crippen molar-refractivity contribution in [2.75, 3.05) is 0 Å². The molecule has 3 heteroatoms. The lowest BCUT2D eigenvalue weighted by Gasteiger charge is -2.11. The number of aliphatic hydroxyl groups is 1. The molecule has 0 aliphatic carbocycles. The van der Waals surface area contributed by atoms with Gasteiger partial charge in [0.15, 0.2) is 0 Å². The summed E-state index contributed by atoms with van der Waals surface area (Å²) < 4.78 is 12.9. The van der Waals surface area contributed by atoms with Gasteiger partial charge in [0.05, 0.1) is 0 Å². The van der Waals surface area contributed by atoms with E-state index in [1.165, 1.54) is 23.5 Å². The zero-order valence-electron chi connectivity index (χ0n) is 8.27. The monoisotopic (exact) mass is 222 g/mol. The highest BCUT2D eigenvalue weighted by molar-refractivity contribution is 7.10. The van der Waals surface area contributed by atoms with Crippen molar-refractivity contribution in [1.29, 1.82) is 0 Å². The molecule has 2 aromatic rings. The first-order valence-electron chi connectivity index (χ1n) is 4.66. The van der Waals surface area contributed by atoms with Gasteiger partial charge in [-0.05, 0) is 41.6 Å². The second-order valence-corrected chi connectivity index (χ2v) is 4.40. The summed E-state index contributed by atoms with van der Waals surface area (Å²) in [5.74, 6) is -0.269. The maximum absolute atomic E-state index is 12.9. The van der Waals surface area contributed by atoms with Gasteiger partial charge in [-0.25, -0.2) is 4.39 Å². The second kappa shape index (κ2) is 4.13. The number of aliphatic hydroxyl groups excluding tert-OH is 1. The van der Waals surface area contributed by atoms with Gasteiger partial charge in [-0.15, -0.1) is 11.3 Å². The van der Waals surface area contributed by atoms with E-state index < -0.39 is 6.10 Å². The molecule has 1 aromatic heterocycles. The smallest absolute Gasteiger partial charge is 0.123 e. The van der Waals surface area contributed by atoms with E-state index in [0.29, 0.717) is 0 Å². The predicted molar refractivity (Wildman–Crippen MR) is 59.5 cm³/mol. The topological polar surface area (TPSA) is 20.2 Å². The fourth-order valence-corrected chi connectivity index (χ4v) is 2.27. The Balaban J connectivity index is 2.38. The molecule has 0 unspecified atom stereocenters. The summed E-state index contributed by atoms with van der Waals surface area (Å²) >= 11 is 1.50. The van der Waals surface area contributed by atoms with Crippen LogP contribution in [0.15, 0.2) is 35.7 Å². The number of aryl methyl sites for hydroxylation is 1. The summed E-state index contributed by atoms with van der Waals surface area (Å²) in [4.78, 5) is 0.879. The van der Waals surface area contributed by atoms with Crippen LogP contribution in [0.2, 0.25) is 0 Å². The number of rotatable bonds is 2. The van der Waals surface area contributed by atoms with Gasteiger partial charge in [-0.1, -0.05) is 12.1 Å². The van der Waals surface area contributed by atoms with Crippen LogP contribution < -0.4 is 0 Å². The molecule has 0 saturated carbocycles.